The number of nitroso groups, excluding NO2 is 1. The van der Waals surface area contributed by atoms with Crippen molar-refractivity contribution in [2.75, 3.05) is 0 Å². The minimum absolute atomic E-state index is 0.310. The zero-order chi connectivity index (χ0) is 25.0. The molecular weight excluding hydrogens is 414 g/mol. The fourth-order valence-electron chi connectivity index (χ4n) is 5.26. The molecule has 0 saturated heterocycles. The third-order valence-electron chi connectivity index (χ3n) is 7.86. The Morgan fingerprint density at radius 2 is 0.588 bits per heavy atom. The highest BCUT2D eigenvalue weighted by Gasteiger charge is 2.23. The second kappa shape index (κ2) is 27.2. The van der Waals surface area contributed by atoms with Gasteiger partial charge >= 0.3 is 0 Å². The molecule has 0 rings (SSSR count). The molecule has 0 unspecified atom stereocenters. The van der Waals surface area contributed by atoms with Crippen molar-refractivity contribution < 1.29 is 0 Å². The van der Waals surface area contributed by atoms with E-state index in [9.17, 15) is 4.91 Å². The van der Waals surface area contributed by atoms with Crippen molar-refractivity contribution in [1.82, 2.24) is 0 Å². The summed E-state index contributed by atoms with van der Waals surface area (Å²) < 4.78 is 0. The van der Waals surface area contributed by atoms with E-state index in [2.05, 4.69) is 25.9 Å². The van der Waals surface area contributed by atoms with Crippen LogP contribution in [0.1, 0.15) is 201 Å². The van der Waals surface area contributed by atoms with Crippen LogP contribution in [0.2, 0.25) is 0 Å². The van der Waals surface area contributed by atoms with Gasteiger partial charge < -0.3 is 0 Å². The molecule has 0 heterocycles. The maximum Gasteiger partial charge on any atom is 0.0998 e. The minimum Gasteiger partial charge on any atom is -0.150 e. The summed E-state index contributed by atoms with van der Waals surface area (Å²) in [6.45, 7) is 6.67. The van der Waals surface area contributed by atoms with Gasteiger partial charge in [-0.25, -0.2) is 0 Å². The summed E-state index contributed by atoms with van der Waals surface area (Å²) in [5.41, 5.74) is -0.310. The van der Waals surface area contributed by atoms with Crippen LogP contribution >= 0.6 is 0 Å². The van der Waals surface area contributed by atoms with E-state index in [-0.39, 0.29) is 5.54 Å². The smallest absolute Gasteiger partial charge is 0.0998 e. The lowest BCUT2D eigenvalue weighted by Crippen LogP contribution is -2.21. The molecule has 2 heteroatoms. The SMILES string of the molecule is CCCCCCCCCCCCCCCC(C)(CCCCCCCCCCCCCCC)N=O. The molecule has 0 aliphatic heterocycles. The fraction of sp³-hybridized carbons (Fsp3) is 1.00. The van der Waals surface area contributed by atoms with E-state index in [1.54, 1.807) is 0 Å². The topological polar surface area (TPSA) is 29.4 Å². The molecule has 0 atom stereocenters. The number of nitrogens with zero attached hydrogens (tertiary/aromatic N) is 1. The maximum absolute atomic E-state index is 11.5. The van der Waals surface area contributed by atoms with E-state index in [0.717, 1.165) is 12.8 Å². The highest BCUT2D eigenvalue weighted by Crippen LogP contribution is 2.27. The van der Waals surface area contributed by atoms with Crippen molar-refractivity contribution in [3.05, 3.63) is 4.91 Å². The Bertz CT molecular complexity index is 364. The van der Waals surface area contributed by atoms with Crippen molar-refractivity contribution in [3.63, 3.8) is 0 Å². The van der Waals surface area contributed by atoms with E-state index in [1.807, 2.05) is 0 Å². The molecule has 0 aromatic heterocycles. The van der Waals surface area contributed by atoms with Crippen molar-refractivity contribution in [3.8, 4) is 0 Å². The van der Waals surface area contributed by atoms with Crippen LogP contribution < -0.4 is 0 Å². The molecule has 0 aromatic rings. The predicted octanol–water partition coefficient (Wildman–Crippen LogP) is 12.5. The highest BCUT2D eigenvalue weighted by molar-refractivity contribution is 4.82. The molecule has 0 amide bonds. The average molecular weight is 480 g/mol. The molecule has 0 aliphatic rings. The van der Waals surface area contributed by atoms with Crippen LogP contribution in [0, 0.1) is 4.91 Å². The fourth-order valence-corrected chi connectivity index (χ4v) is 5.26. The summed E-state index contributed by atoms with van der Waals surface area (Å²) in [5.74, 6) is 0. The Morgan fingerprint density at radius 1 is 0.382 bits per heavy atom. The molecular formula is C32H65NO. The first kappa shape index (κ1) is 33.6. The molecule has 2 nitrogen and oxygen atoms in total. The second-order valence-corrected chi connectivity index (χ2v) is 11.6. The first-order valence-electron chi connectivity index (χ1n) is 16.0. The largest absolute Gasteiger partial charge is 0.150 e. The average Bonchev–Trinajstić information content (AvgIpc) is 2.85. The minimum atomic E-state index is -0.310. The lowest BCUT2D eigenvalue weighted by atomic mass is 9.89. The quantitative estimate of drug-likeness (QED) is 0.0774. The van der Waals surface area contributed by atoms with Crippen LogP contribution in [0.4, 0.5) is 0 Å². The van der Waals surface area contributed by atoms with Gasteiger partial charge in [0.15, 0.2) is 0 Å². The Kier molecular flexibility index (Phi) is 26.9. The van der Waals surface area contributed by atoms with E-state index < -0.39 is 0 Å². The number of rotatable bonds is 29. The third-order valence-corrected chi connectivity index (χ3v) is 7.86. The molecule has 0 spiro atoms. The summed E-state index contributed by atoms with van der Waals surface area (Å²) in [6, 6.07) is 0. The van der Waals surface area contributed by atoms with Crippen LogP contribution in [0.15, 0.2) is 5.18 Å². The summed E-state index contributed by atoms with van der Waals surface area (Å²) in [6.07, 6.45) is 37.9. The Morgan fingerprint density at radius 3 is 0.794 bits per heavy atom. The number of hydrogen-bond acceptors (Lipinski definition) is 2. The molecule has 0 fully saturated rings. The van der Waals surface area contributed by atoms with E-state index >= 15 is 0 Å². The summed E-state index contributed by atoms with van der Waals surface area (Å²) in [7, 11) is 0. The molecule has 0 N–H and O–H groups in total. The lowest BCUT2D eigenvalue weighted by molar-refractivity contribution is 0.363. The van der Waals surface area contributed by atoms with Crippen molar-refractivity contribution in [2.45, 2.75) is 206 Å². The molecule has 204 valence electrons. The Hall–Kier alpha value is -0.400. The molecule has 34 heavy (non-hydrogen) atoms. The van der Waals surface area contributed by atoms with E-state index in [4.69, 9.17) is 0 Å². The van der Waals surface area contributed by atoms with Gasteiger partial charge in [-0.15, -0.1) is 0 Å². The van der Waals surface area contributed by atoms with Gasteiger partial charge in [0.25, 0.3) is 0 Å². The van der Waals surface area contributed by atoms with Crippen LogP contribution in [0.3, 0.4) is 0 Å². The Labute approximate surface area is 216 Å². The number of hydrogen-bond donors (Lipinski definition) is 0. The monoisotopic (exact) mass is 480 g/mol. The highest BCUT2D eigenvalue weighted by atomic mass is 16.3. The summed E-state index contributed by atoms with van der Waals surface area (Å²) in [5, 5.41) is 3.56. The van der Waals surface area contributed by atoms with Gasteiger partial charge in [-0.2, -0.15) is 4.91 Å². The first-order chi connectivity index (χ1) is 16.7. The van der Waals surface area contributed by atoms with Crippen LogP contribution in [0.5, 0.6) is 0 Å². The van der Waals surface area contributed by atoms with Crippen LogP contribution in [-0.2, 0) is 0 Å². The van der Waals surface area contributed by atoms with Crippen LogP contribution in [-0.4, -0.2) is 5.54 Å². The van der Waals surface area contributed by atoms with E-state index in [0.29, 0.717) is 0 Å². The first-order valence-corrected chi connectivity index (χ1v) is 16.0. The van der Waals surface area contributed by atoms with Gasteiger partial charge in [-0.3, -0.25) is 0 Å². The van der Waals surface area contributed by atoms with E-state index in [1.165, 1.54) is 167 Å². The molecule has 0 aliphatic carbocycles. The Balaban J connectivity index is 3.43. The lowest BCUT2D eigenvalue weighted by Gasteiger charge is -2.21. The van der Waals surface area contributed by atoms with Gasteiger partial charge in [0.1, 0.15) is 0 Å². The summed E-state index contributed by atoms with van der Waals surface area (Å²) >= 11 is 0. The van der Waals surface area contributed by atoms with Gasteiger partial charge in [0.2, 0.25) is 0 Å². The molecule has 0 aromatic carbocycles. The van der Waals surface area contributed by atoms with Crippen molar-refractivity contribution in [1.29, 1.82) is 0 Å². The number of unbranched alkanes of at least 4 members (excludes halogenated alkanes) is 24. The molecule has 0 bridgehead atoms. The van der Waals surface area contributed by atoms with Crippen molar-refractivity contribution in [2.24, 2.45) is 5.18 Å². The second-order valence-electron chi connectivity index (χ2n) is 11.6. The summed E-state index contributed by atoms with van der Waals surface area (Å²) in [4.78, 5) is 11.5. The van der Waals surface area contributed by atoms with Gasteiger partial charge in [-0.1, -0.05) is 186 Å². The normalized spacial score (nSPS) is 11.9. The third kappa shape index (κ3) is 24.7. The van der Waals surface area contributed by atoms with Gasteiger partial charge in [0, 0.05) is 0 Å². The van der Waals surface area contributed by atoms with Gasteiger partial charge in [-0.05, 0) is 19.8 Å². The standard InChI is InChI=1S/C32H65NO/c1-4-6-8-10-12-14-16-18-20-22-24-26-28-30-32(3,33-34)31-29-27-25-23-21-19-17-15-13-11-9-7-5-2/h4-31H2,1-3H3. The van der Waals surface area contributed by atoms with Crippen molar-refractivity contribution >= 4 is 0 Å². The maximum atomic E-state index is 11.5. The molecule has 0 saturated carbocycles. The van der Waals surface area contributed by atoms with Crippen LogP contribution in [0.25, 0.3) is 0 Å². The zero-order valence-electron chi connectivity index (χ0n) is 24.2. The predicted molar refractivity (Wildman–Crippen MR) is 155 cm³/mol. The zero-order valence-corrected chi connectivity index (χ0v) is 24.2. The molecule has 0 radical (unpaired) electrons. The van der Waals surface area contributed by atoms with Gasteiger partial charge in [0.05, 0.1) is 5.54 Å².